The van der Waals surface area contributed by atoms with Crippen molar-refractivity contribution in [3.05, 3.63) is 99.5 Å². The van der Waals surface area contributed by atoms with Gasteiger partial charge in [-0.3, -0.25) is 14.4 Å². The summed E-state index contributed by atoms with van der Waals surface area (Å²) >= 11 is 0. The fourth-order valence-electron chi connectivity index (χ4n) is 5.87. The highest BCUT2D eigenvalue weighted by Gasteiger charge is 2.28. The quantitative estimate of drug-likeness (QED) is 0.209. The Kier molecular flexibility index (Phi) is 8.82. The van der Waals surface area contributed by atoms with Crippen LogP contribution in [0.1, 0.15) is 60.4 Å². The average Bonchev–Trinajstić information content (AvgIpc) is 3.00. The zero-order valence-corrected chi connectivity index (χ0v) is 24.9. The molecule has 2 amide bonds. The maximum Gasteiger partial charge on any atom is 0.255 e. The fourth-order valence-corrected chi connectivity index (χ4v) is 5.87. The van der Waals surface area contributed by atoms with Crippen molar-refractivity contribution in [3.8, 4) is 0 Å². The number of hydrogen-bond donors (Lipinski definition) is 4. The number of rotatable bonds is 9. The van der Waals surface area contributed by atoms with E-state index < -0.39 is 6.04 Å². The number of carbonyl (C=O) groups is 2. The summed E-state index contributed by atoms with van der Waals surface area (Å²) < 4.78 is 0. The summed E-state index contributed by atoms with van der Waals surface area (Å²) in [6.45, 7) is 4.84. The van der Waals surface area contributed by atoms with Crippen LogP contribution in [0.2, 0.25) is 0 Å². The van der Waals surface area contributed by atoms with Crippen LogP contribution in [0.25, 0.3) is 10.8 Å². The summed E-state index contributed by atoms with van der Waals surface area (Å²) in [5.74, 6) is -0.155. The first-order chi connectivity index (χ1) is 20.7. The summed E-state index contributed by atoms with van der Waals surface area (Å²) in [5.41, 5.74) is 11.4. The molecule has 5 N–H and O–H groups in total. The van der Waals surface area contributed by atoms with Gasteiger partial charge in [0.15, 0.2) is 0 Å². The molecule has 5 rings (SSSR count). The number of aliphatic hydroxyl groups is 1. The van der Waals surface area contributed by atoms with Gasteiger partial charge in [-0.25, -0.2) is 0 Å². The summed E-state index contributed by atoms with van der Waals surface area (Å²) in [4.78, 5) is 45.6. The molecule has 9 heteroatoms. The second kappa shape index (κ2) is 12.7. The molecule has 1 aliphatic heterocycles. The number of hydrogen-bond acceptors (Lipinski definition) is 6. The van der Waals surface area contributed by atoms with Gasteiger partial charge in [-0.1, -0.05) is 31.2 Å². The molecule has 3 aromatic carbocycles. The number of carbonyl (C=O) groups excluding carboxylic acids is 2. The van der Waals surface area contributed by atoms with Gasteiger partial charge in [-0.2, -0.15) is 0 Å². The lowest BCUT2D eigenvalue weighted by molar-refractivity contribution is -0.131. The molecule has 1 aromatic heterocycles. The van der Waals surface area contributed by atoms with Crippen LogP contribution in [0.15, 0.2) is 71.7 Å². The van der Waals surface area contributed by atoms with E-state index >= 15 is 0 Å². The second-order valence-electron chi connectivity index (χ2n) is 11.5. The number of aliphatic hydroxyl groups excluding tert-OH is 1. The smallest absolute Gasteiger partial charge is 0.255 e. The van der Waals surface area contributed by atoms with Crippen molar-refractivity contribution in [3.63, 3.8) is 0 Å². The van der Waals surface area contributed by atoms with Gasteiger partial charge in [-0.05, 0) is 83.8 Å². The average molecular weight is 582 g/mol. The van der Waals surface area contributed by atoms with Crippen LogP contribution in [0.5, 0.6) is 0 Å². The number of aryl methyl sites for hydroxylation is 1. The van der Waals surface area contributed by atoms with E-state index in [4.69, 9.17) is 5.73 Å². The first kappa shape index (κ1) is 29.8. The highest BCUT2D eigenvalue weighted by molar-refractivity contribution is 5.95. The van der Waals surface area contributed by atoms with Crippen LogP contribution in [0.3, 0.4) is 0 Å². The Bertz CT molecular complexity index is 1720. The molecular formula is C34H39N5O4. The van der Waals surface area contributed by atoms with Crippen LogP contribution in [-0.2, 0) is 16.1 Å². The molecule has 0 aliphatic carbocycles. The lowest BCUT2D eigenvalue weighted by atomic mass is 9.93. The zero-order valence-electron chi connectivity index (χ0n) is 24.9. The maximum absolute atomic E-state index is 14.2. The molecule has 0 spiro atoms. The van der Waals surface area contributed by atoms with Gasteiger partial charge in [0.1, 0.15) is 6.04 Å². The molecule has 9 nitrogen and oxygen atoms in total. The monoisotopic (exact) mass is 581 g/mol. The molecule has 2 heterocycles. The molecule has 0 radical (unpaired) electrons. The predicted octanol–water partition coefficient (Wildman–Crippen LogP) is 4.84. The Morgan fingerprint density at radius 2 is 1.91 bits per heavy atom. The number of nitrogens with zero attached hydrogens (tertiary/aromatic N) is 2. The van der Waals surface area contributed by atoms with Crippen molar-refractivity contribution >= 4 is 39.6 Å². The normalized spacial score (nSPS) is 14.9. The third kappa shape index (κ3) is 6.41. The summed E-state index contributed by atoms with van der Waals surface area (Å²) in [6, 6.07) is 17.8. The molecule has 224 valence electrons. The van der Waals surface area contributed by atoms with Crippen molar-refractivity contribution in [1.82, 2.24) is 9.88 Å². The van der Waals surface area contributed by atoms with Crippen molar-refractivity contribution in [1.29, 1.82) is 0 Å². The highest BCUT2D eigenvalue weighted by Crippen LogP contribution is 2.31. The molecule has 1 saturated heterocycles. The number of aromatic nitrogens is 1. The largest absolute Gasteiger partial charge is 0.399 e. The van der Waals surface area contributed by atoms with Crippen molar-refractivity contribution in [2.45, 2.75) is 51.6 Å². The lowest BCUT2D eigenvalue weighted by Gasteiger charge is -2.31. The third-order valence-corrected chi connectivity index (χ3v) is 8.27. The minimum Gasteiger partial charge on any atom is -0.399 e. The first-order valence-corrected chi connectivity index (χ1v) is 14.7. The Morgan fingerprint density at radius 1 is 1.09 bits per heavy atom. The van der Waals surface area contributed by atoms with E-state index in [1.54, 1.807) is 35.2 Å². The number of anilines is 3. The van der Waals surface area contributed by atoms with E-state index in [1.807, 2.05) is 62.4 Å². The van der Waals surface area contributed by atoms with E-state index in [0.717, 1.165) is 46.2 Å². The van der Waals surface area contributed by atoms with Gasteiger partial charge >= 0.3 is 0 Å². The number of nitrogens with one attached hydrogen (secondary N) is 2. The van der Waals surface area contributed by atoms with Crippen LogP contribution in [0.4, 0.5) is 17.1 Å². The standard InChI is InChI=1S/C34H39N5O4/c1-21-16-24(8-11-28(21)22(2)20-40)32(37-27-10-7-23-13-14-36-33(42)29(23)18-27)34(43)38(3)19-25-17-26(35)9-12-30(25)39-15-5-4-6-31(39)41/h7-14,16-18,22,32,37,40H,4-6,15,19-20,35H2,1-3H3,(H,36,42)/t22-,32?/m0/s1. The molecule has 43 heavy (non-hydrogen) atoms. The number of nitrogens with two attached hydrogens (primary N) is 1. The topological polar surface area (TPSA) is 132 Å². The predicted molar refractivity (Wildman–Crippen MR) is 171 cm³/mol. The van der Waals surface area contributed by atoms with Crippen LogP contribution in [-0.4, -0.2) is 47.0 Å². The molecule has 2 atom stereocenters. The maximum atomic E-state index is 14.2. The van der Waals surface area contributed by atoms with Gasteiger partial charge in [0.2, 0.25) is 11.8 Å². The number of likely N-dealkylation sites (N-methyl/N-ethyl adjacent to an activating group) is 1. The minimum atomic E-state index is -0.774. The van der Waals surface area contributed by atoms with E-state index in [1.165, 1.54) is 0 Å². The number of amides is 2. The molecule has 1 aliphatic rings. The number of aromatic amines is 1. The summed E-state index contributed by atoms with van der Waals surface area (Å²) in [5, 5.41) is 14.4. The number of fused-ring (bicyclic) bond motifs is 1. The van der Waals surface area contributed by atoms with Gasteiger partial charge in [0, 0.05) is 67.7 Å². The Hall–Kier alpha value is -4.63. The number of H-pyrrole nitrogens is 1. The summed E-state index contributed by atoms with van der Waals surface area (Å²) in [7, 11) is 1.74. The Labute approximate surface area is 251 Å². The van der Waals surface area contributed by atoms with Crippen LogP contribution >= 0.6 is 0 Å². The minimum absolute atomic E-state index is 0.0250. The van der Waals surface area contributed by atoms with E-state index in [0.29, 0.717) is 29.7 Å². The molecular weight excluding hydrogens is 542 g/mol. The van der Waals surface area contributed by atoms with Gasteiger partial charge in [0.25, 0.3) is 5.56 Å². The lowest BCUT2D eigenvalue weighted by Crippen LogP contribution is -2.38. The number of pyridine rings is 1. The second-order valence-corrected chi connectivity index (χ2v) is 11.5. The van der Waals surface area contributed by atoms with Crippen LogP contribution in [0, 0.1) is 6.92 Å². The van der Waals surface area contributed by atoms with E-state index in [9.17, 15) is 19.5 Å². The zero-order chi connectivity index (χ0) is 30.7. The number of benzene rings is 3. The van der Waals surface area contributed by atoms with Crippen molar-refractivity contribution in [2.24, 2.45) is 0 Å². The Balaban J connectivity index is 1.50. The van der Waals surface area contributed by atoms with E-state index in [2.05, 4.69) is 10.3 Å². The van der Waals surface area contributed by atoms with Crippen LogP contribution < -0.4 is 21.5 Å². The summed E-state index contributed by atoms with van der Waals surface area (Å²) in [6.07, 6.45) is 3.92. The first-order valence-electron chi connectivity index (χ1n) is 14.7. The SMILES string of the molecule is Cc1cc(C(Nc2ccc3cc[nH]c(=O)c3c2)C(=O)N(C)Cc2cc(N)ccc2N2CCCCC2=O)ccc1[C@@H](C)CO. The van der Waals surface area contributed by atoms with Gasteiger partial charge in [0.05, 0.1) is 0 Å². The van der Waals surface area contributed by atoms with Gasteiger partial charge < -0.3 is 30.9 Å². The molecule has 0 bridgehead atoms. The molecule has 1 fully saturated rings. The highest BCUT2D eigenvalue weighted by atomic mass is 16.3. The number of piperidine rings is 1. The molecule has 4 aromatic rings. The van der Waals surface area contributed by atoms with Gasteiger partial charge in [-0.15, -0.1) is 0 Å². The van der Waals surface area contributed by atoms with E-state index in [-0.39, 0.29) is 36.4 Å². The van der Waals surface area contributed by atoms with Crippen molar-refractivity contribution < 1.29 is 14.7 Å². The molecule has 0 saturated carbocycles. The molecule has 1 unspecified atom stereocenters. The third-order valence-electron chi connectivity index (χ3n) is 8.27. The Morgan fingerprint density at radius 3 is 2.65 bits per heavy atom. The van der Waals surface area contributed by atoms with Crippen molar-refractivity contribution in [2.75, 3.05) is 36.1 Å². The number of nitrogen functional groups attached to an aromatic ring is 1. The fraction of sp³-hybridized carbons (Fsp3) is 0.324.